The van der Waals surface area contributed by atoms with Gasteiger partial charge < -0.3 is 9.47 Å². The molecule has 3 aromatic rings. The standard InChI is InChI=1S/C22H16BrClN2O4/c23-17-6-10-19(11-7-17)29-14-21(27)26-25-13-15-4-8-20(9-5-15)30-22(28)16-2-1-3-18(24)12-16/h1-13H,14H2,(H,26,27)/b25-13+. The Morgan fingerprint density at radius 3 is 2.40 bits per heavy atom. The van der Waals surface area contributed by atoms with Crippen molar-refractivity contribution in [3.8, 4) is 11.5 Å². The summed E-state index contributed by atoms with van der Waals surface area (Å²) in [4.78, 5) is 23.9. The van der Waals surface area contributed by atoms with Crippen LogP contribution in [0, 0.1) is 0 Å². The molecule has 0 heterocycles. The van der Waals surface area contributed by atoms with Crippen molar-refractivity contribution in [3.63, 3.8) is 0 Å². The van der Waals surface area contributed by atoms with Gasteiger partial charge >= 0.3 is 5.97 Å². The molecule has 3 aromatic carbocycles. The molecule has 30 heavy (non-hydrogen) atoms. The van der Waals surface area contributed by atoms with E-state index in [-0.39, 0.29) is 12.5 Å². The van der Waals surface area contributed by atoms with E-state index in [1.54, 1.807) is 54.6 Å². The summed E-state index contributed by atoms with van der Waals surface area (Å²) in [5, 5.41) is 4.34. The van der Waals surface area contributed by atoms with Crippen LogP contribution in [0.3, 0.4) is 0 Å². The van der Waals surface area contributed by atoms with Gasteiger partial charge in [-0.15, -0.1) is 0 Å². The molecule has 0 radical (unpaired) electrons. The maximum Gasteiger partial charge on any atom is 0.343 e. The van der Waals surface area contributed by atoms with Crippen molar-refractivity contribution >= 4 is 45.6 Å². The summed E-state index contributed by atoms with van der Waals surface area (Å²) >= 11 is 9.21. The van der Waals surface area contributed by atoms with E-state index < -0.39 is 5.97 Å². The van der Waals surface area contributed by atoms with E-state index in [1.807, 2.05) is 12.1 Å². The molecule has 0 bridgehead atoms. The third-order valence-corrected chi connectivity index (χ3v) is 4.50. The van der Waals surface area contributed by atoms with E-state index in [1.165, 1.54) is 12.3 Å². The van der Waals surface area contributed by atoms with E-state index in [0.717, 1.165) is 4.47 Å². The highest BCUT2D eigenvalue weighted by Gasteiger charge is 2.08. The van der Waals surface area contributed by atoms with Gasteiger partial charge in [-0.25, -0.2) is 10.2 Å². The number of hydrogen-bond donors (Lipinski definition) is 1. The Morgan fingerprint density at radius 2 is 1.70 bits per heavy atom. The summed E-state index contributed by atoms with van der Waals surface area (Å²) in [6, 6.07) is 20.3. The first-order valence-electron chi connectivity index (χ1n) is 8.78. The third kappa shape index (κ3) is 6.72. The second kappa shape index (κ2) is 10.6. The topological polar surface area (TPSA) is 77.0 Å². The highest BCUT2D eigenvalue weighted by Crippen LogP contribution is 2.17. The molecule has 1 amide bonds. The van der Waals surface area contributed by atoms with Crippen molar-refractivity contribution in [2.75, 3.05) is 6.61 Å². The average Bonchev–Trinajstić information content (AvgIpc) is 2.74. The number of carbonyl (C=O) groups excluding carboxylic acids is 2. The van der Waals surface area contributed by atoms with Crippen molar-refractivity contribution in [1.29, 1.82) is 0 Å². The number of ether oxygens (including phenoxy) is 2. The van der Waals surface area contributed by atoms with Gasteiger partial charge in [0.1, 0.15) is 11.5 Å². The van der Waals surface area contributed by atoms with Crippen LogP contribution in [0.1, 0.15) is 15.9 Å². The van der Waals surface area contributed by atoms with Gasteiger partial charge in [-0.1, -0.05) is 33.6 Å². The molecule has 6 nitrogen and oxygen atoms in total. The zero-order chi connectivity index (χ0) is 21.3. The minimum absolute atomic E-state index is 0.155. The van der Waals surface area contributed by atoms with Gasteiger partial charge in [0.25, 0.3) is 5.91 Å². The minimum Gasteiger partial charge on any atom is -0.484 e. The Bertz CT molecular complexity index is 1050. The van der Waals surface area contributed by atoms with Gasteiger partial charge in [-0.2, -0.15) is 5.10 Å². The molecule has 0 fully saturated rings. The molecule has 1 N–H and O–H groups in total. The van der Waals surface area contributed by atoms with Gasteiger partial charge in [0, 0.05) is 9.50 Å². The molecule has 0 atom stereocenters. The number of amides is 1. The molecule has 0 aliphatic carbocycles. The highest BCUT2D eigenvalue weighted by atomic mass is 79.9. The molecular formula is C22H16BrClN2O4. The van der Waals surface area contributed by atoms with Crippen LogP contribution in [-0.4, -0.2) is 24.7 Å². The van der Waals surface area contributed by atoms with Gasteiger partial charge in [0.2, 0.25) is 0 Å². The molecule has 0 spiro atoms. The average molecular weight is 488 g/mol. The molecule has 0 unspecified atom stereocenters. The first kappa shape index (κ1) is 21.5. The molecule has 0 aliphatic heterocycles. The summed E-state index contributed by atoms with van der Waals surface area (Å²) in [6.07, 6.45) is 1.47. The number of halogens is 2. The Hall–Kier alpha value is -3.16. The fourth-order valence-corrected chi connectivity index (χ4v) is 2.75. The zero-order valence-electron chi connectivity index (χ0n) is 15.5. The van der Waals surface area contributed by atoms with Crippen LogP contribution in [0.5, 0.6) is 11.5 Å². The van der Waals surface area contributed by atoms with Crippen molar-refractivity contribution in [3.05, 3.63) is 93.4 Å². The number of hydrazone groups is 1. The van der Waals surface area contributed by atoms with Gasteiger partial charge in [-0.05, 0) is 72.3 Å². The lowest BCUT2D eigenvalue weighted by Gasteiger charge is -2.05. The van der Waals surface area contributed by atoms with Crippen LogP contribution >= 0.6 is 27.5 Å². The van der Waals surface area contributed by atoms with Crippen LogP contribution in [0.4, 0.5) is 0 Å². The summed E-state index contributed by atoms with van der Waals surface area (Å²) < 4.78 is 11.6. The van der Waals surface area contributed by atoms with Gasteiger partial charge in [0.05, 0.1) is 11.8 Å². The highest BCUT2D eigenvalue weighted by molar-refractivity contribution is 9.10. The fraction of sp³-hybridized carbons (Fsp3) is 0.0455. The Balaban J connectivity index is 1.46. The second-order valence-electron chi connectivity index (χ2n) is 6.00. The summed E-state index contributed by atoms with van der Waals surface area (Å²) in [7, 11) is 0. The predicted molar refractivity (Wildman–Crippen MR) is 118 cm³/mol. The van der Waals surface area contributed by atoms with E-state index in [0.29, 0.717) is 27.6 Å². The smallest absolute Gasteiger partial charge is 0.343 e. The van der Waals surface area contributed by atoms with E-state index in [9.17, 15) is 9.59 Å². The number of nitrogens with zero attached hydrogens (tertiary/aromatic N) is 1. The largest absolute Gasteiger partial charge is 0.484 e. The summed E-state index contributed by atoms with van der Waals surface area (Å²) in [6.45, 7) is -0.155. The van der Waals surface area contributed by atoms with Crippen molar-refractivity contribution in [2.24, 2.45) is 5.10 Å². The van der Waals surface area contributed by atoms with Crippen LogP contribution in [0.2, 0.25) is 5.02 Å². The molecule has 0 saturated heterocycles. The number of rotatable bonds is 7. The SMILES string of the molecule is O=C(COc1ccc(Br)cc1)N/N=C/c1ccc(OC(=O)c2cccc(Cl)c2)cc1. The Morgan fingerprint density at radius 1 is 1.00 bits per heavy atom. The lowest BCUT2D eigenvalue weighted by Crippen LogP contribution is -2.24. The fourth-order valence-electron chi connectivity index (χ4n) is 2.29. The number of benzene rings is 3. The maximum atomic E-state index is 12.1. The first-order chi connectivity index (χ1) is 14.5. The lowest BCUT2D eigenvalue weighted by atomic mass is 10.2. The monoisotopic (exact) mass is 486 g/mol. The minimum atomic E-state index is -0.503. The lowest BCUT2D eigenvalue weighted by molar-refractivity contribution is -0.123. The Labute approximate surface area is 186 Å². The number of carbonyl (C=O) groups is 2. The molecule has 152 valence electrons. The molecule has 0 aliphatic rings. The summed E-state index contributed by atoms with van der Waals surface area (Å²) in [5.74, 6) is 0.0718. The molecule has 8 heteroatoms. The van der Waals surface area contributed by atoms with Crippen molar-refractivity contribution in [1.82, 2.24) is 5.43 Å². The third-order valence-electron chi connectivity index (χ3n) is 3.74. The van der Waals surface area contributed by atoms with Crippen LogP contribution < -0.4 is 14.9 Å². The van der Waals surface area contributed by atoms with Gasteiger partial charge in [0.15, 0.2) is 6.61 Å². The number of nitrogens with one attached hydrogen (secondary N) is 1. The van der Waals surface area contributed by atoms with E-state index in [4.69, 9.17) is 21.1 Å². The molecular weight excluding hydrogens is 472 g/mol. The van der Waals surface area contributed by atoms with Crippen LogP contribution in [-0.2, 0) is 4.79 Å². The molecule has 3 rings (SSSR count). The molecule has 0 aromatic heterocycles. The van der Waals surface area contributed by atoms with E-state index in [2.05, 4.69) is 26.5 Å². The first-order valence-corrected chi connectivity index (χ1v) is 9.95. The number of hydrogen-bond acceptors (Lipinski definition) is 5. The van der Waals surface area contributed by atoms with Crippen molar-refractivity contribution in [2.45, 2.75) is 0 Å². The quantitative estimate of drug-likeness (QED) is 0.224. The maximum absolute atomic E-state index is 12.1. The normalized spacial score (nSPS) is 10.6. The number of esters is 1. The van der Waals surface area contributed by atoms with E-state index >= 15 is 0 Å². The van der Waals surface area contributed by atoms with Crippen molar-refractivity contribution < 1.29 is 19.1 Å². The van der Waals surface area contributed by atoms with Gasteiger partial charge in [-0.3, -0.25) is 4.79 Å². The predicted octanol–water partition coefficient (Wildman–Crippen LogP) is 4.85. The Kier molecular flexibility index (Phi) is 7.59. The second-order valence-corrected chi connectivity index (χ2v) is 7.36. The zero-order valence-corrected chi connectivity index (χ0v) is 17.9. The summed E-state index contributed by atoms with van der Waals surface area (Å²) in [5.41, 5.74) is 3.46. The van der Waals surface area contributed by atoms with Crippen LogP contribution in [0.25, 0.3) is 0 Å². The molecule has 0 saturated carbocycles. The van der Waals surface area contributed by atoms with Crippen LogP contribution in [0.15, 0.2) is 82.4 Å².